The van der Waals surface area contributed by atoms with Crippen LogP contribution in [0.5, 0.6) is 0 Å². The maximum Gasteiger partial charge on any atom is 0.407 e. The highest BCUT2D eigenvalue weighted by molar-refractivity contribution is 5.80. The molecule has 0 spiro atoms. The summed E-state index contributed by atoms with van der Waals surface area (Å²) >= 11 is 0. The maximum absolute atomic E-state index is 12.0. The Hall–Kier alpha value is -1.50. The van der Waals surface area contributed by atoms with Crippen molar-refractivity contribution < 1.29 is 9.53 Å². The van der Waals surface area contributed by atoms with Gasteiger partial charge >= 0.3 is 6.09 Å². The molecule has 7 nitrogen and oxygen atoms in total. The lowest BCUT2D eigenvalue weighted by Gasteiger charge is -2.35. The first-order valence-corrected chi connectivity index (χ1v) is 10.4. The fourth-order valence-electron chi connectivity index (χ4n) is 3.71. The van der Waals surface area contributed by atoms with Gasteiger partial charge in [-0.1, -0.05) is 6.92 Å². The molecule has 0 aromatic heterocycles. The zero-order chi connectivity index (χ0) is 20.0. The summed E-state index contributed by atoms with van der Waals surface area (Å²) < 4.78 is 5.36. The summed E-state index contributed by atoms with van der Waals surface area (Å²) in [5, 5.41) is 6.49. The third-order valence-electron chi connectivity index (χ3n) is 5.42. The molecule has 2 atom stereocenters. The minimum atomic E-state index is -0.470. The molecule has 27 heavy (non-hydrogen) atoms. The van der Waals surface area contributed by atoms with Crippen molar-refractivity contribution in [1.82, 2.24) is 20.4 Å². The van der Waals surface area contributed by atoms with Crippen LogP contribution in [0.1, 0.15) is 53.9 Å². The molecule has 2 heterocycles. The van der Waals surface area contributed by atoms with E-state index in [0.29, 0.717) is 6.04 Å². The smallest absolute Gasteiger partial charge is 0.407 e. The maximum atomic E-state index is 12.0. The largest absolute Gasteiger partial charge is 0.444 e. The van der Waals surface area contributed by atoms with Crippen molar-refractivity contribution in [3.05, 3.63) is 0 Å². The summed E-state index contributed by atoms with van der Waals surface area (Å²) in [6, 6.07) is 0.590. The third kappa shape index (κ3) is 7.20. The number of rotatable bonds is 4. The molecule has 7 heteroatoms. The van der Waals surface area contributed by atoms with Crippen LogP contribution in [-0.2, 0) is 4.74 Å². The molecule has 1 amide bonds. The summed E-state index contributed by atoms with van der Waals surface area (Å²) in [5.74, 6) is 1.77. The minimum Gasteiger partial charge on any atom is -0.444 e. The van der Waals surface area contributed by atoms with E-state index in [1.807, 2.05) is 27.8 Å². The minimum absolute atomic E-state index is 0.0967. The van der Waals surface area contributed by atoms with Crippen LogP contribution in [0, 0.1) is 5.92 Å². The van der Waals surface area contributed by atoms with Crippen molar-refractivity contribution in [2.75, 3.05) is 39.8 Å². The number of piperidine rings is 1. The summed E-state index contributed by atoms with van der Waals surface area (Å²) in [5.41, 5.74) is -0.470. The monoisotopic (exact) mass is 381 g/mol. The van der Waals surface area contributed by atoms with Crippen LogP contribution in [0.3, 0.4) is 0 Å². The molecule has 156 valence electrons. The number of carbonyl (C=O) groups is 1. The number of amides is 1. The second-order valence-corrected chi connectivity index (χ2v) is 9.07. The molecule has 0 aliphatic carbocycles. The van der Waals surface area contributed by atoms with Gasteiger partial charge in [0.1, 0.15) is 5.60 Å². The van der Waals surface area contributed by atoms with Gasteiger partial charge in [0.05, 0.1) is 6.04 Å². The average molecular weight is 382 g/mol. The van der Waals surface area contributed by atoms with Gasteiger partial charge in [-0.2, -0.15) is 0 Å². The van der Waals surface area contributed by atoms with E-state index in [2.05, 4.69) is 39.3 Å². The van der Waals surface area contributed by atoms with E-state index in [1.165, 1.54) is 25.9 Å². The number of nitrogens with one attached hydrogen (secondary N) is 2. The first-order chi connectivity index (χ1) is 12.7. The van der Waals surface area contributed by atoms with E-state index in [0.717, 1.165) is 37.9 Å². The van der Waals surface area contributed by atoms with E-state index in [4.69, 9.17) is 4.74 Å². The topological polar surface area (TPSA) is 69.2 Å². The molecule has 0 saturated carbocycles. The summed E-state index contributed by atoms with van der Waals surface area (Å²) in [4.78, 5) is 21.2. The number of carbonyl (C=O) groups excluding carboxylic acids is 1. The first-order valence-electron chi connectivity index (χ1n) is 10.4. The fraction of sp³-hybridized carbons (Fsp3) is 0.900. The second-order valence-electron chi connectivity index (χ2n) is 9.07. The molecule has 2 fully saturated rings. The normalized spacial score (nSPS) is 24.0. The third-order valence-corrected chi connectivity index (χ3v) is 5.42. The van der Waals surface area contributed by atoms with Gasteiger partial charge in [-0.25, -0.2) is 4.79 Å². The molecule has 2 rings (SSSR count). The number of guanidine groups is 1. The Balaban J connectivity index is 1.75. The van der Waals surface area contributed by atoms with Crippen LogP contribution in [0.2, 0.25) is 0 Å². The van der Waals surface area contributed by atoms with Gasteiger partial charge in [-0.3, -0.25) is 9.89 Å². The standard InChI is InChI=1S/C20H39N5O2/c1-15-7-10-24(11-8-15)16(2)13-22-18(21-6)25-12-9-17(14-25)23-19(26)27-20(3,4)5/h15-17H,7-14H2,1-6H3,(H,21,22)(H,23,26). The average Bonchev–Trinajstić information content (AvgIpc) is 3.02. The van der Waals surface area contributed by atoms with Gasteiger partial charge in [0.2, 0.25) is 0 Å². The van der Waals surface area contributed by atoms with E-state index in [-0.39, 0.29) is 12.1 Å². The van der Waals surface area contributed by atoms with Crippen LogP contribution >= 0.6 is 0 Å². The molecular formula is C20H39N5O2. The Kier molecular flexibility index (Phi) is 7.77. The Bertz CT molecular complexity index is 509. The molecule has 2 saturated heterocycles. The Morgan fingerprint density at radius 3 is 2.48 bits per heavy atom. The Morgan fingerprint density at radius 1 is 1.22 bits per heavy atom. The molecule has 2 N–H and O–H groups in total. The van der Waals surface area contributed by atoms with Crippen molar-refractivity contribution in [3.63, 3.8) is 0 Å². The van der Waals surface area contributed by atoms with Gasteiger partial charge in [-0.05, 0) is 66.0 Å². The molecule has 0 bridgehead atoms. The number of hydrogen-bond donors (Lipinski definition) is 2. The molecule has 0 aromatic rings. The summed E-state index contributed by atoms with van der Waals surface area (Å²) in [7, 11) is 1.82. The molecular weight excluding hydrogens is 342 g/mol. The predicted molar refractivity (Wildman–Crippen MR) is 110 cm³/mol. The van der Waals surface area contributed by atoms with Crippen molar-refractivity contribution in [2.24, 2.45) is 10.9 Å². The highest BCUT2D eigenvalue weighted by atomic mass is 16.6. The lowest BCUT2D eigenvalue weighted by Crippen LogP contribution is -2.49. The highest BCUT2D eigenvalue weighted by Gasteiger charge is 2.28. The molecule has 2 aliphatic heterocycles. The van der Waals surface area contributed by atoms with Gasteiger partial charge in [-0.15, -0.1) is 0 Å². The number of ether oxygens (including phenoxy) is 1. The summed E-state index contributed by atoms with van der Waals surface area (Å²) in [6.07, 6.45) is 3.15. The number of alkyl carbamates (subject to hydrolysis) is 1. The van der Waals surface area contributed by atoms with Gasteiger partial charge < -0.3 is 20.3 Å². The van der Waals surface area contributed by atoms with Crippen molar-refractivity contribution in [3.8, 4) is 0 Å². The van der Waals surface area contributed by atoms with Crippen LogP contribution in [0.25, 0.3) is 0 Å². The van der Waals surface area contributed by atoms with Crippen LogP contribution in [-0.4, -0.2) is 79.3 Å². The number of likely N-dealkylation sites (tertiary alicyclic amines) is 2. The Morgan fingerprint density at radius 2 is 1.89 bits per heavy atom. The van der Waals surface area contributed by atoms with Gasteiger partial charge in [0.25, 0.3) is 0 Å². The van der Waals surface area contributed by atoms with E-state index in [9.17, 15) is 4.79 Å². The number of nitrogens with zero attached hydrogens (tertiary/aromatic N) is 3. The van der Waals surface area contributed by atoms with Crippen molar-refractivity contribution in [1.29, 1.82) is 0 Å². The molecule has 0 radical (unpaired) electrons. The molecule has 2 unspecified atom stereocenters. The lowest BCUT2D eigenvalue weighted by atomic mass is 9.98. The van der Waals surface area contributed by atoms with E-state index in [1.54, 1.807) is 0 Å². The molecule has 0 aromatic carbocycles. The van der Waals surface area contributed by atoms with Crippen LogP contribution in [0.15, 0.2) is 4.99 Å². The Labute approximate surface area is 164 Å². The highest BCUT2D eigenvalue weighted by Crippen LogP contribution is 2.18. The van der Waals surface area contributed by atoms with Crippen molar-refractivity contribution in [2.45, 2.75) is 71.6 Å². The predicted octanol–water partition coefficient (Wildman–Crippen LogP) is 2.28. The van der Waals surface area contributed by atoms with Gasteiger partial charge in [0.15, 0.2) is 5.96 Å². The first kappa shape index (κ1) is 21.8. The fourth-order valence-corrected chi connectivity index (χ4v) is 3.71. The quantitative estimate of drug-likeness (QED) is 0.578. The van der Waals surface area contributed by atoms with E-state index < -0.39 is 5.60 Å². The zero-order valence-corrected chi connectivity index (χ0v) is 18.0. The van der Waals surface area contributed by atoms with Crippen LogP contribution < -0.4 is 10.6 Å². The van der Waals surface area contributed by atoms with Crippen LogP contribution in [0.4, 0.5) is 4.79 Å². The zero-order valence-electron chi connectivity index (χ0n) is 18.0. The number of hydrogen-bond acceptors (Lipinski definition) is 4. The second kappa shape index (κ2) is 9.62. The SMILES string of the molecule is CN=C(NCC(C)N1CCC(C)CC1)N1CCC(NC(=O)OC(C)(C)C)C1. The molecule has 2 aliphatic rings. The number of aliphatic imine (C=N–C) groups is 1. The van der Waals surface area contributed by atoms with Gasteiger partial charge in [0, 0.05) is 32.7 Å². The van der Waals surface area contributed by atoms with Crippen molar-refractivity contribution >= 4 is 12.1 Å². The summed E-state index contributed by atoms with van der Waals surface area (Å²) in [6.45, 7) is 15.2. The van der Waals surface area contributed by atoms with E-state index >= 15 is 0 Å². The lowest BCUT2D eigenvalue weighted by molar-refractivity contribution is 0.0507.